The molecule has 0 spiro atoms. The lowest BCUT2D eigenvalue weighted by Gasteiger charge is -2.25. The third-order valence-corrected chi connectivity index (χ3v) is 2.87. The Morgan fingerprint density at radius 1 is 1.39 bits per heavy atom. The number of hydrogen-bond donors (Lipinski definition) is 2. The number of rotatable bonds is 7. The van der Waals surface area contributed by atoms with E-state index in [0.29, 0.717) is 12.2 Å². The molecule has 0 aliphatic rings. The molecule has 0 amide bonds. The number of anilines is 1. The SMILES string of the molecule is CC(C)(CCCO)CNc1ccccc1[N+](=O)[O-]. The van der Waals surface area contributed by atoms with Crippen LogP contribution in [0, 0.1) is 15.5 Å². The molecule has 1 rings (SSSR count). The Balaban J connectivity index is 2.65. The van der Waals surface area contributed by atoms with Crippen LogP contribution in [0.15, 0.2) is 24.3 Å². The van der Waals surface area contributed by atoms with Crippen LogP contribution >= 0.6 is 0 Å². The molecule has 0 saturated heterocycles. The predicted octanol–water partition coefficient (Wildman–Crippen LogP) is 2.81. The first-order valence-electron chi connectivity index (χ1n) is 6.04. The average molecular weight is 252 g/mol. The number of para-hydroxylation sites is 2. The molecule has 0 fully saturated rings. The number of nitrogens with zero attached hydrogens (tertiary/aromatic N) is 1. The number of nitro groups is 1. The third kappa shape index (κ3) is 4.33. The van der Waals surface area contributed by atoms with Crippen molar-refractivity contribution in [1.29, 1.82) is 0 Å². The van der Waals surface area contributed by atoms with Gasteiger partial charge < -0.3 is 10.4 Å². The Kier molecular flexibility index (Phi) is 5.09. The van der Waals surface area contributed by atoms with Gasteiger partial charge in [0.25, 0.3) is 5.69 Å². The van der Waals surface area contributed by atoms with Crippen LogP contribution in [-0.4, -0.2) is 23.2 Å². The van der Waals surface area contributed by atoms with Crippen molar-refractivity contribution in [3.63, 3.8) is 0 Å². The minimum atomic E-state index is -0.386. The standard InChI is InChI=1S/C13H20N2O3/c1-13(2,8-5-9-16)10-14-11-6-3-4-7-12(11)15(17)18/h3-4,6-7,14,16H,5,8-10H2,1-2H3. The highest BCUT2D eigenvalue weighted by Crippen LogP contribution is 2.27. The van der Waals surface area contributed by atoms with Gasteiger partial charge in [-0.05, 0) is 24.3 Å². The molecular weight excluding hydrogens is 232 g/mol. The van der Waals surface area contributed by atoms with E-state index in [0.717, 1.165) is 12.8 Å². The normalized spacial score (nSPS) is 11.3. The summed E-state index contributed by atoms with van der Waals surface area (Å²) < 4.78 is 0. The minimum absolute atomic E-state index is 0.00750. The second kappa shape index (κ2) is 6.35. The van der Waals surface area contributed by atoms with Gasteiger partial charge in [0.1, 0.15) is 5.69 Å². The van der Waals surface area contributed by atoms with E-state index in [1.165, 1.54) is 6.07 Å². The molecule has 0 atom stereocenters. The number of nitrogens with one attached hydrogen (secondary N) is 1. The van der Waals surface area contributed by atoms with Crippen LogP contribution in [0.3, 0.4) is 0 Å². The molecule has 2 N–H and O–H groups in total. The highest BCUT2D eigenvalue weighted by molar-refractivity contribution is 5.61. The molecule has 0 unspecified atom stereocenters. The summed E-state index contributed by atoms with van der Waals surface area (Å²) in [5.41, 5.74) is 0.627. The Morgan fingerprint density at radius 2 is 2.06 bits per heavy atom. The molecule has 0 aliphatic heterocycles. The van der Waals surface area contributed by atoms with E-state index in [2.05, 4.69) is 19.2 Å². The zero-order valence-electron chi connectivity index (χ0n) is 10.8. The summed E-state index contributed by atoms with van der Waals surface area (Å²) in [6.45, 7) is 4.96. The Hall–Kier alpha value is -1.62. The predicted molar refractivity (Wildman–Crippen MR) is 71.7 cm³/mol. The molecule has 1 aromatic rings. The fourth-order valence-electron chi connectivity index (χ4n) is 1.76. The number of benzene rings is 1. The van der Waals surface area contributed by atoms with Crippen molar-refractivity contribution in [2.24, 2.45) is 5.41 Å². The van der Waals surface area contributed by atoms with Crippen molar-refractivity contribution in [3.05, 3.63) is 34.4 Å². The minimum Gasteiger partial charge on any atom is -0.396 e. The molecule has 0 aliphatic carbocycles. The summed E-state index contributed by atoms with van der Waals surface area (Å²) in [6.07, 6.45) is 1.61. The van der Waals surface area contributed by atoms with Crippen molar-refractivity contribution in [2.45, 2.75) is 26.7 Å². The monoisotopic (exact) mass is 252 g/mol. The highest BCUT2D eigenvalue weighted by atomic mass is 16.6. The fraction of sp³-hybridized carbons (Fsp3) is 0.538. The summed E-state index contributed by atoms with van der Waals surface area (Å²) in [4.78, 5) is 10.5. The maximum atomic E-state index is 10.9. The quantitative estimate of drug-likeness (QED) is 0.578. The lowest BCUT2D eigenvalue weighted by atomic mass is 9.88. The van der Waals surface area contributed by atoms with Gasteiger partial charge in [-0.2, -0.15) is 0 Å². The summed E-state index contributed by atoms with van der Waals surface area (Å²) in [5.74, 6) is 0. The van der Waals surface area contributed by atoms with Crippen LogP contribution in [0.25, 0.3) is 0 Å². The van der Waals surface area contributed by atoms with E-state index in [4.69, 9.17) is 5.11 Å². The van der Waals surface area contributed by atoms with Gasteiger partial charge in [-0.25, -0.2) is 0 Å². The van der Waals surface area contributed by atoms with Crippen LogP contribution in [0.5, 0.6) is 0 Å². The highest BCUT2D eigenvalue weighted by Gasteiger charge is 2.19. The topological polar surface area (TPSA) is 75.4 Å². The molecule has 18 heavy (non-hydrogen) atoms. The fourth-order valence-corrected chi connectivity index (χ4v) is 1.76. The van der Waals surface area contributed by atoms with Crippen molar-refractivity contribution in [2.75, 3.05) is 18.5 Å². The van der Waals surface area contributed by atoms with Gasteiger partial charge in [0.15, 0.2) is 0 Å². The lowest BCUT2D eigenvalue weighted by molar-refractivity contribution is -0.384. The molecule has 0 bridgehead atoms. The lowest BCUT2D eigenvalue weighted by Crippen LogP contribution is -2.23. The van der Waals surface area contributed by atoms with Crippen LogP contribution in [-0.2, 0) is 0 Å². The first kappa shape index (κ1) is 14.4. The molecule has 0 heterocycles. The van der Waals surface area contributed by atoms with Crippen LogP contribution in [0.1, 0.15) is 26.7 Å². The molecule has 1 aromatic carbocycles. The van der Waals surface area contributed by atoms with E-state index >= 15 is 0 Å². The second-order valence-electron chi connectivity index (χ2n) is 5.12. The van der Waals surface area contributed by atoms with Gasteiger partial charge in [-0.3, -0.25) is 10.1 Å². The first-order valence-corrected chi connectivity index (χ1v) is 6.04. The Labute approximate surface area is 107 Å². The molecule has 5 heteroatoms. The van der Waals surface area contributed by atoms with E-state index in [-0.39, 0.29) is 22.6 Å². The van der Waals surface area contributed by atoms with Gasteiger partial charge in [-0.15, -0.1) is 0 Å². The molecule has 0 saturated carbocycles. The van der Waals surface area contributed by atoms with Gasteiger partial charge in [0, 0.05) is 19.2 Å². The maximum absolute atomic E-state index is 10.9. The first-order chi connectivity index (χ1) is 8.46. The van der Waals surface area contributed by atoms with Gasteiger partial charge in [-0.1, -0.05) is 26.0 Å². The van der Waals surface area contributed by atoms with E-state index < -0.39 is 0 Å². The largest absolute Gasteiger partial charge is 0.396 e. The van der Waals surface area contributed by atoms with Crippen LogP contribution in [0.4, 0.5) is 11.4 Å². The summed E-state index contributed by atoms with van der Waals surface area (Å²) >= 11 is 0. The maximum Gasteiger partial charge on any atom is 0.292 e. The molecule has 0 aromatic heterocycles. The number of nitro benzene ring substituents is 1. The third-order valence-electron chi connectivity index (χ3n) is 2.87. The van der Waals surface area contributed by atoms with Gasteiger partial charge >= 0.3 is 0 Å². The molecule has 0 radical (unpaired) electrons. The Bertz CT molecular complexity index is 405. The van der Waals surface area contributed by atoms with Crippen molar-refractivity contribution >= 4 is 11.4 Å². The molecule has 5 nitrogen and oxygen atoms in total. The zero-order valence-corrected chi connectivity index (χ0v) is 10.8. The number of aliphatic hydroxyl groups excluding tert-OH is 1. The summed E-state index contributed by atoms with van der Waals surface area (Å²) in [7, 11) is 0. The second-order valence-corrected chi connectivity index (χ2v) is 5.12. The average Bonchev–Trinajstić information content (AvgIpc) is 2.34. The molecule has 100 valence electrons. The number of hydrogen-bond acceptors (Lipinski definition) is 4. The summed E-state index contributed by atoms with van der Waals surface area (Å²) in [5, 5.41) is 22.8. The van der Waals surface area contributed by atoms with Gasteiger partial charge in [0.2, 0.25) is 0 Å². The van der Waals surface area contributed by atoms with Crippen molar-refractivity contribution in [3.8, 4) is 0 Å². The van der Waals surface area contributed by atoms with Gasteiger partial charge in [0.05, 0.1) is 4.92 Å². The van der Waals surface area contributed by atoms with E-state index in [1.54, 1.807) is 18.2 Å². The van der Waals surface area contributed by atoms with E-state index in [1.807, 2.05) is 0 Å². The smallest absolute Gasteiger partial charge is 0.292 e. The zero-order chi connectivity index (χ0) is 13.6. The van der Waals surface area contributed by atoms with Crippen molar-refractivity contribution < 1.29 is 10.0 Å². The summed E-state index contributed by atoms with van der Waals surface area (Å²) in [6, 6.07) is 6.62. The number of aliphatic hydroxyl groups is 1. The van der Waals surface area contributed by atoms with Crippen LogP contribution < -0.4 is 5.32 Å². The van der Waals surface area contributed by atoms with Crippen LogP contribution in [0.2, 0.25) is 0 Å². The van der Waals surface area contributed by atoms with Crippen molar-refractivity contribution in [1.82, 2.24) is 0 Å². The van der Waals surface area contributed by atoms with E-state index in [9.17, 15) is 10.1 Å². The Morgan fingerprint density at radius 3 is 2.67 bits per heavy atom. The molecular formula is C13H20N2O3.